The van der Waals surface area contributed by atoms with Crippen molar-refractivity contribution in [2.75, 3.05) is 5.32 Å². The van der Waals surface area contributed by atoms with Gasteiger partial charge in [-0.3, -0.25) is 0 Å². The molecule has 0 aliphatic carbocycles. The van der Waals surface area contributed by atoms with E-state index in [1.807, 2.05) is 0 Å². The molecule has 2 rings (SSSR count). The number of esters is 2. The van der Waals surface area contributed by atoms with Gasteiger partial charge in [-0.2, -0.15) is 0 Å². The molecule has 2 N–H and O–H groups in total. The third-order valence-electron chi connectivity index (χ3n) is 2.70. The topological polar surface area (TPSA) is 102 Å². The molecule has 0 atom stereocenters. The maximum atomic E-state index is 13.7. The normalized spacial score (nSPS) is 16.6. The third-order valence-corrected chi connectivity index (χ3v) is 2.70. The number of hydrogen-bond acceptors (Lipinski definition) is 6. The number of nitrogens with one attached hydrogen (secondary N) is 1. The molecule has 8 heteroatoms. The van der Waals surface area contributed by atoms with E-state index in [1.54, 1.807) is 0 Å². The lowest BCUT2D eigenvalue weighted by Gasteiger charge is -2.29. The van der Waals surface area contributed by atoms with Gasteiger partial charge in [-0.1, -0.05) is 0 Å². The highest BCUT2D eigenvalue weighted by Gasteiger charge is 2.38. The van der Waals surface area contributed by atoms with E-state index in [0.29, 0.717) is 0 Å². The smallest absolute Gasteiger partial charge is 0.350 e. The lowest BCUT2D eigenvalue weighted by molar-refractivity contribution is -0.222. The maximum absolute atomic E-state index is 13.7. The van der Waals surface area contributed by atoms with Crippen LogP contribution in [0.4, 0.5) is 10.1 Å². The van der Waals surface area contributed by atoms with Gasteiger partial charge in [0.25, 0.3) is 5.79 Å². The van der Waals surface area contributed by atoms with Crippen molar-refractivity contribution in [3.63, 3.8) is 0 Å². The monoisotopic (exact) mass is 309 g/mol. The Bertz CT molecular complexity index is 673. The van der Waals surface area contributed by atoms with Gasteiger partial charge in [0.05, 0.1) is 11.3 Å². The Kier molecular flexibility index (Phi) is 3.85. The fourth-order valence-corrected chi connectivity index (χ4v) is 1.69. The van der Waals surface area contributed by atoms with Crippen molar-refractivity contribution in [2.45, 2.75) is 19.6 Å². The SMILES string of the molecule is CC1(C)OC(=O)C(=CNc2ccc(C(=O)O)cc2F)C(=O)O1. The highest BCUT2D eigenvalue weighted by molar-refractivity contribution is 6.15. The minimum atomic E-state index is -1.36. The Hall–Kier alpha value is -2.90. The van der Waals surface area contributed by atoms with Gasteiger partial charge < -0.3 is 19.9 Å². The van der Waals surface area contributed by atoms with Crippen molar-refractivity contribution < 1.29 is 33.4 Å². The van der Waals surface area contributed by atoms with Crippen LogP contribution in [-0.2, 0) is 19.1 Å². The molecule has 1 aliphatic heterocycles. The number of benzene rings is 1. The molecule has 1 fully saturated rings. The first-order valence-corrected chi connectivity index (χ1v) is 6.16. The largest absolute Gasteiger partial charge is 0.478 e. The molecule has 1 aliphatic rings. The van der Waals surface area contributed by atoms with Crippen LogP contribution in [0.3, 0.4) is 0 Å². The average molecular weight is 309 g/mol. The zero-order valence-electron chi connectivity index (χ0n) is 11.7. The van der Waals surface area contributed by atoms with E-state index in [2.05, 4.69) is 5.32 Å². The van der Waals surface area contributed by atoms with Crippen molar-refractivity contribution >= 4 is 23.6 Å². The summed E-state index contributed by atoms with van der Waals surface area (Å²) in [5.41, 5.74) is -0.766. The van der Waals surface area contributed by atoms with Gasteiger partial charge in [0.2, 0.25) is 0 Å². The van der Waals surface area contributed by atoms with Crippen molar-refractivity contribution in [2.24, 2.45) is 0 Å². The summed E-state index contributed by atoms with van der Waals surface area (Å²) >= 11 is 0. The summed E-state index contributed by atoms with van der Waals surface area (Å²) in [6, 6.07) is 3.15. The molecule has 0 aromatic heterocycles. The van der Waals surface area contributed by atoms with E-state index in [4.69, 9.17) is 14.6 Å². The lowest BCUT2D eigenvalue weighted by Crippen LogP contribution is -2.42. The van der Waals surface area contributed by atoms with Crippen LogP contribution in [-0.4, -0.2) is 28.8 Å². The molecule has 116 valence electrons. The molecule has 1 aromatic carbocycles. The van der Waals surface area contributed by atoms with E-state index in [-0.39, 0.29) is 11.3 Å². The number of halogens is 1. The summed E-state index contributed by atoms with van der Waals surface area (Å²) in [4.78, 5) is 34.0. The van der Waals surface area contributed by atoms with E-state index in [1.165, 1.54) is 26.0 Å². The predicted molar refractivity (Wildman–Crippen MR) is 71.3 cm³/mol. The Morgan fingerprint density at radius 3 is 2.36 bits per heavy atom. The Labute approximate surface area is 124 Å². The number of carbonyl (C=O) groups excluding carboxylic acids is 2. The highest BCUT2D eigenvalue weighted by Crippen LogP contribution is 2.23. The lowest BCUT2D eigenvalue weighted by atomic mass is 10.2. The molecule has 0 radical (unpaired) electrons. The van der Waals surface area contributed by atoms with Crippen molar-refractivity contribution in [1.29, 1.82) is 0 Å². The number of rotatable bonds is 3. The van der Waals surface area contributed by atoms with E-state index < -0.39 is 35.1 Å². The van der Waals surface area contributed by atoms with Gasteiger partial charge in [-0.05, 0) is 18.2 Å². The summed E-state index contributed by atoms with van der Waals surface area (Å²) in [6.07, 6.45) is 0.943. The van der Waals surface area contributed by atoms with Crippen LogP contribution >= 0.6 is 0 Å². The van der Waals surface area contributed by atoms with Crippen LogP contribution in [0.1, 0.15) is 24.2 Å². The van der Waals surface area contributed by atoms with Crippen LogP contribution in [0.15, 0.2) is 30.0 Å². The number of carbonyl (C=O) groups is 3. The van der Waals surface area contributed by atoms with E-state index >= 15 is 0 Å². The first kappa shape index (κ1) is 15.5. The Morgan fingerprint density at radius 2 is 1.86 bits per heavy atom. The predicted octanol–water partition coefficient (Wildman–Crippen LogP) is 1.66. The summed E-state index contributed by atoms with van der Waals surface area (Å²) in [6.45, 7) is 2.80. The number of anilines is 1. The Balaban J connectivity index is 2.20. The molecule has 1 aromatic rings. The number of ether oxygens (including phenoxy) is 2. The molecule has 0 unspecified atom stereocenters. The quantitative estimate of drug-likeness (QED) is 0.497. The third kappa shape index (κ3) is 3.22. The second kappa shape index (κ2) is 5.47. The summed E-state index contributed by atoms with van der Waals surface area (Å²) in [7, 11) is 0. The molecule has 0 amide bonds. The highest BCUT2D eigenvalue weighted by atomic mass is 19.1. The van der Waals surface area contributed by atoms with Crippen LogP contribution in [0.2, 0.25) is 0 Å². The molecular formula is C14H12FNO6. The number of carboxylic acid groups (broad SMARTS) is 1. The van der Waals surface area contributed by atoms with Crippen molar-refractivity contribution in [3.8, 4) is 0 Å². The van der Waals surface area contributed by atoms with Gasteiger partial charge in [0.15, 0.2) is 5.57 Å². The molecule has 7 nitrogen and oxygen atoms in total. The standard InChI is InChI=1S/C14H12FNO6/c1-14(2)21-12(19)8(13(20)22-14)6-16-10-4-3-7(11(17)18)5-9(10)15/h3-6,16H,1-2H3,(H,17,18). The fourth-order valence-electron chi connectivity index (χ4n) is 1.69. The molecule has 0 bridgehead atoms. The first-order chi connectivity index (χ1) is 10.2. The summed E-state index contributed by atoms with van der Waals surface area (Å²) < 4.78 is 23.4. The number of cyclic esters (lactones) is 2. The van der Waals surface area contributed by atoms with Gasteiger partial charge in [-0.15, -0.1) is 0 Å². The first-order valence-electron chi connectivity index (χ1n) is 6.16. The van der Waals surface area contributed by atoms with Gasteiger partial charge >= 0.3 is 17.9 Å². The zero-order valence-corrected chi connectivity index (χ0v) is 11.7. The summed E-state index contributed by atoms with van der Waals surface area (Å²) in [5.74, 6) is -5.30. The molecule has 22 heavy (non-hydrogen) atoms. The zero-order chi connectivity index (χ0) is 16.5. The number of aromatic carboxylic acids is 1. The number of carboxylic acids is 1. The van der Waals surface area contributed by atoms with Crippen LogP contribution in [0.5, 0.6) is 0 Å². The molecule has 1 heterocycles. The van der Waals surface area contributed by atoms with Crippen LogP contribution in [0, 0.1) is 5.82 Å². The van der Waals surface area contributed by atoms with E-state index in [9.17, 15) is 18.8 Å². The Morgan fingerprint density at radius 1 is 1.27 bits per heavy atom. The molecule has 1 saturated heterocycles. The second-order valence-electron chi connectivity index (χ2n) is 4.88. The minimum Gasteiger partial charge on any atom is -0.478 e. The van der Waals surface area contributed by atoms with Gasteiger partial charge in [0, 0.05) is 20.0 Å². The average Bonchev–Trinajstić information content (AvgIpc) is 2.37. The van der Waals surface area contributed by atoms with Crippen LogP contribution < -0.4 is 5.32 Å². The number of hydrogen-bond donors (Lipinski definition) is 2. The fraction of sp³-hybridized carbons (Fsp3) is 0.214. The summed E-state index contributed by atoms with van der Waals surface area (Å²) in [5, 5.41) is 11.1. The van der Waals surface area contributed by atoms with Crippen LogP contribution in [0.25, 0.3) is 0 Å². The minimum absolute atomic E-state index is 0.108. The second-order valence-corrected chi connectivity index (χ2v) is 4.88. The van der Waals surface area contributed by atoms with Crippen molar-refractivity contribution in [1.82, 2.24) is 0 Å². The molecule has 0 saturated carbocycles. The van der Waals surface area contributed by atoms with E-state index in [0.717, 1.165) is 12.3 Å². The maximum Gasteiger partial charge on any atom is 0.350 e. The van der Waals surface area contributed by atoms with Crippen molar-refractivity contribution in [3.05, 3.63) is 41.4 Å². The van der Waals surface area contributed by atoms with Gasteiger partial charge in [-0.25, -0.2) is 18.8 Å². The molecule has 0 spiro atoms. The molecular weight excluding hydrogens is 297 g/mol. The van der Waals surface area contributed by atoms with Gasteiger partial charge in [0.1, 0.15) is 5.82 Å².